The Labute approximate surface area is 175 Å². The molecule has 162 valence electrons. The zero-order valence-electron chi connectivity index (χ0n) is 17.1. The highest BCUT2D eigenvalue weighted by Crippen LogP contribution is 2.10. The van der Waals surface area contributed by atoms with Gasteiger partial charge in [0.25, 0.3) is 0 Å². The Morgan fingerprint density at radius 1 is 0.571 bits per heavy atom. The van der Waals surface area contributed by atoms with Gasteiger partial charge >= 0.3 is 0 Å². The highest BCUT2D eigenvalue weighted by atomic mass is 32.1. The molecule has 28 heavy (non-hydrogen) atoms. The van der Waals surface area contributed by atoms with Crippen LogP contribution in [0.15, 0.2) is 24.3 Å². The minimum Gasteiger partial charge on any atom is -0.491 e. The van der Waals surface area contributed by atoms with Crippen molar-refractivity contribution in [3.63, 3.8) is 0 Å². The molecule has 0 heterocycles. The van der Waals surface area contributed by atoms with Crippen LogP contribution in [0.3, 0.4) is 0 Å². The van der Waals surface area contributed by atoms with Crippen molar-refractivity contribution in [2.75, 3.05) is 78.4 Å². The van der Waals surface area contributed by atoms with Gasteiger partial charge in [-0.15, -0.1) is 0 Å². The third-order valence-electron chi connectivity index (χ3n) is 3.70. The van der Waals surface area contributed by atoms with Gasteiger partial charge in [0.1, 0.15) is 12.4 Å². The van der Waals surface area contributed by atoms with Gasteiger partial charge in [-0.2, -0.15) is 12.6 Å². The second-order valence-electron chi connectivity index (χ2n) is 6.15. The highest BCUT2D eigenvalue weighted by Gasteiger charge is 1.95. The second-order valence-corrected chi connectivity index (χ2v) is 6.60. The van der Waals surface area contributed by atoms with Crippen LogP contribution in [0.2, 0.25) is 0 Å². The molecule has 7 heteroatoms. The maximum Gasteiger partial charge on any atom is 0.119 e. The van der Waals surface area contributed by atoms with Crippen molar-refractivity contribution in [3.8, 4) is 5.75 Å². The van der Waals surface area contributed by atoms with Crippen LogP contribution in [0.1, 0.15) is 18.4 Å². The summed E-state index contributed by atoms with van der Waals surface area (Å²) in [5.41, 5.74) is 1.22. The normalized spacial score (nSPS) is 11.1. The summed E-state index contributed by atoms with van der Waals surface area (Å²) >= 11 is 4.16. The summed E-state index contributed by atoms with van der Waals surface area (Å²) in [6.07, 6.45) is 2.15. The monoisotopic (exact) mass is 416 g/mol. The molecule has 0 spiro atoms. The van der Waals surface area contributed by atoms with Gasteiger partial charge < -0.3 is 28.4 Å². The lowest BCUT2D eigenvalue weighted by molar-refractivity contribution is -0.0128. The lowest BCUT2D eigenvalue weighted by Gasteiger charge is -2.09. The van der Waals surface area contributed by atoms with E-state index >= 15 is 0 Å². The first-order valence-electron chi connectivity index (χ1n) is 10.0. The van der Waals surface area contributed by atoms with Crippen molar-refractivity contribution in [2.45, 2.75) is 19.8 Å². The Hall–Kier alpha value is -0.830. The smallest absolute Gasteiger partial charge is 0.119 e. The molecule has 0 amide bonds. The number of hydrogen-bond donors (Lipinski definition) is 1. The zero-order chi connectivity index (χ0) is 20.1. The van der Waals surface area contributed by atoms with Crippen LogP contribution in [0.25, 0.3) is 0 Å². The Balaban J connectivity index is 1.70. The maximum atomic E-state index is 5.58. The average molecular weight is 417 g/mol. The Morgan fingerprint density at radius 2 is 1.00 bits per heavy atom. The Kier molecular flexibility index (Phi) is 17.5. The van der Waals surface area contributed by atoms with E-state index in [0.29, 0.717) is 66.1 Å². The molecule has 0 atom stereocenters. The fourth-order valence-electron chi connectivity index (χ4n) is 2.15. The first kappa shape index (κ1) is 25.2. The van der Waals surface area contributed by atoms with Crippen LogP contribution < -0.4 is 4.74 Å². The van der Waals surface area contributed by atoms with Gasteiger partial charge in [0, 0.05) is 6.61 Å². The number of ether oxygens (including phenoxy) is 6. The molecular weight excluding hydrogens is 380 g/mol. The molecule has 0 aliphatic heterocycles. The van der Waals surface area contributed by atoms with Gasteiger partial charge in [-0.1, -0.05) is 17.7 Å². The van der Waals surface area contributed by atoms with E-state index in [4.69, 9.17) is 28.4 Å². The summed E-state index contributed by atoms with van der Waals surface area (Å²) < 4.78 is 32.8. The zero-order valence-corrected chi connectivity index (χ0v) is 18.0. The average Bonchev–Trinajstić information content (AvgIpc) is 2.71. The minimum absolute atomic E-state index is 0.535. The van der Waals surface area contributed by atoms with Gasteiger partial charge in [0.2, 0.25) is 0 Å². The predicted molar refractivity (Wildman–Crippen MR) is 114 cm³/mol. The molecule has 0 radical (unpaired) electrons. The van der Waals surface area contributed by atoms with E-state index in [2.05, 4.69) is 19.6 Å². The SMILES string of the molecule is Cc1ccc(OCCOCCOCCOCCOCCOCCCCS)cc1. The van der Waals surface area contributed by atoms with Gasteiger partial charge in [0.15, 0.2) is 0 Å². The third kappa shape index (κ3) is 16.2. The number of rotatable bonds is 20. The molecule has 0 N–H and O–H groups in total. The van der Waals surface area contributed by atoms with Crippen LogP contribution in [-0.4, -0.2) is 78.4 Å². The van der Waals surface area contributed by atoms with Crippen molar-refractivity contribution in [1.82, 2.24) is 0 Å². The molecule has 0 saturated heterocycles. The van der Waals surface area contributed by atoms with Gasteiger partial charge in [-0.25, -0.2) is 0 Å². The van der Waals surface area contributed by atoms with Crippen molar-refractivity contribution in [2.24, 2.45) is 0 Å². The third-order valence-corrected chi connectivity index (χ3v) is 4.02. The van der Waals surface area contributed by atoms with Crippen molar-refractivity contribution in [1.29, 1.82) is 0 Å². The van der Waals surface area contributed by atoms with Gasteiger partial charge in [-0.05, 0) is 37.7 Å². The summed E-state index contributed by atoms with van der Waals surface area (Å²) in [4.78, 5) is 0. The van der Waals surface area contributed by atoms with Gasteiger partial charge in [-0.3, -0.25) is 0 Å². The van der Waals surface area contributed by atoms with E-state index in [1.807, 2.05) is 24.3 Å². The van der Waals surface area contributed by atoms with Crippen LogP contribution in [0.5, 0.6) is 5.75 Å². The van der Waals surface area contributed by atoms with Crippen LogP contribution in [0.4, 0.5) is 0 Å². The van der Waals surface area contributed by atoms with E-state index in [1.54, 1.807) is 0 Å². The summed E-state index contributed by atoms with van der Waals surface area (Å²) in [6.45, 7) is 8.49. The molecule has 0 aromatic heterocycles. The molecule has 1 rings (SSSR count). The van der Waals surface area contributed by atoms with Crippen molar-refractivity contribution >= 4 is 12.6 Å². The van der Waals surface area contributed by atoms with Crippen LogP contribution in [0, 0.1) is 6.92 Å². The molecule has 0 fully saturated rings. The lowest BCUT2D eigenvalue weighted by Crippen LogP contribution is -2.14. The van der Waals surface area contributed by atoms with Crippen LogP contribution >= 0.6 is 12.6 Å². The van der Waals surface area contributed by atoms with Crippen molar-refractivity contribution < 1.29 is 28.4 Å². The van der Waals surface area contributed by atoms with E-state index in [-0.39, 0.29) is 0 Å². The fraction of sp³-hybridized carbons (Fsp3) is 0.714. The van der Waals surface area contributed by atoms with E-state index in [0.717, 1.165) is 31.0 Å². The quantitative estimate of drug-likeness (QED) is 0.260. The molecule has 0 saturated carbocycles. The molecule has 0 aliphatic rings. The van der Waals surface area contributed by atoms with Gasteiger partial charge in [0.05, 0.1) is 59.5 Å². The topological polar surface area (TPSA) is 55.4 Å². The summed E-state index contributed by atoms with van der Waals surface area (Å²) in [7, 11) is 0. The highest BCUT2D eigenvalue weighted by molar-refractivity contribution is 7.80. The molecule has 1 aromatic rings. The predicted octanol–water partition coefficient (Wildman–Crippen LogP) is 3.17. The number of benzene rings is 1. The summed E-state index contributed by atoms with van der Waals surface area (Å²) in [6, 6.07) is 7.98. The van der Waals surface area contributed by atoms with Crippen LogP contribution in [-0.2, 0) is 23.7 Å². The second kappa shape index (κ2) is 19.5. The Bertz CT molecular complexity index is 443. The maximum absolute atomic E-state index is 5.58. The first-order chi connectivity index (χ1) is 13.8. The molecule has 0 aliphatic carbocycles. The largest absolute Gasteiger partial charge is 0.491 e. The minimum atomic E-state index is 0.535. The standard InChI is InChI=1S/C21H36O6S/c1-20-4-6-21(7-5-20)27-18-17-26-16-15-25-14-13-24-12-11-23-10-9-22-8-2-3-19-28/h4-7,28H,2-3,8-19H2,1H3. The Morgan fingerprint density at radius 3 is 1.46 bits per heavy atom. The molecule has 1 aromatic carbocycles. The number of aryl methyl sites for hydroxylation is 1. The van der Waals surface area contributed by atoms with E-state index in [9.17, 15) is 0 Å². The van der Waals surface area contributed by atoms with E-state index < -0.39 is 0 Å². The molecule has 0 unspecified atom stereocenters. The summed E-state index contributed by atoms with van der Waals surface area (Å²) in [5.74, 6) is 1.78. The van der Waals surface area contributed by atoms with E-state index in [1.165, 1.54) is 5.56 Å². The lowest BCUT2D eigenvalue weighted by atomic mass is 10.2. The number of unbranched alkanes of at least 4 members (excludes halogenated alkanes) is 1. The molecular formula is C21H36O6S. The first-order valence-corrected chi connectivity index (χ1v) is 10.6. The number of thiol groups is 1. The fourth-order valence-corrected chi connectivity index (χ4v) is 2.37. The summed E-state index contributed by atoms with van der Waals surface area (Å²) in [5, 5.41) is 0. The molecule has 6 nitrogen and oxygen atoms in total. The molecule has 0 bridgehead atoms. The van der Waals surface area contributed by atoms with Crippen molar-refractivity contribution in [3.05, 3.63) is 29.8 Å². The number of hydrogen-bond acceptors (Lipinski definition) is 7.